The molecule has 0 aromatic heterocycles. The molecule has 0 bridgehead atoms. The van der Waals surface area contributed by atoms with Crippen LogP contribution >= 0.6 is 0 Å². The maximum absolute atomic E-state index is 11.1. The molecule has 0 aliphatic heterocycles. The smallest absolute Gasteiger partial charge is 0.333 e. The van der Waals surface area contributed by atoms with Crippen molar-refractivity contribution in [1.82, 2.24) is 0 Å². The lowest BCUT2D eigenvalue weighted by molar-refractivity contribution is -0.136. The van der Waals surface area contributed by atoms with Crippen LogP contribution in [0.5, 0.6) is 0 Å². The number of rotatable bonds is 1. The lowest BCUT2D eigenvalue weighted by atomic mass is 9.85. The van der Waals surface area contributed by atoms with Crippen LogP contribution in [0.2, 0.25) is 0 Å². The highest BCUT2D eigenvalue weighted by atomic mass is 16.5. The molecule has 0 aromatic carbocycles. The van der Waals surface area contributed by atoms with Crippen LogP contribution in [0, 0.1) is 5.41 Å². The van der Waals surface area contributed by atoms with Gasteiger partial charge in [0, 0.05) is 5.57 Å². The summed E-state index contributed by atoms with van der Waals surface area (Å²) in [5, 5.41) is 0. The monoisotopic (exact) mass is 170 g/mol. The van der Waals surface area contributed by atoms with E-state index in [1.54, 1.807) is 6.92 Å². The molecule has 0 heterocycles. The third-order valence-electron chi connectivity index (χ3n) is 2.18. The highest BCUT2D eigenvalue weighted by Crippen LogP contribution is 2.27. The predicted octanol–water partition coefficient (Wildman–Crippen LogP) is 2.54. The highest BCUT2D eigenvalue weighted by molar-refractivity contribution is 5.88. The number of hydrogen-bond acceptors (Lipinski definition) is 2. The molecule has 0 aliphatic carbocycles. The molecule has 0 unspecified atom stereocenters. The zero-order valence-corrected chi connectivity index (χ0v) is 8.82. The molecule has 70 valence electrons. The Labute approximate surface area is 74.6 Å². The second-order valence-electron chi connectivity index (χ2n) is 3.99. The van der Waals surface area contributed by atoms with E-state index in [1.807, 2.05) is 6.92 Å². The van der Waals surface area contributed by atoms with Crippen LogP contribution in [-0.4, -0.2) is 13.1 Å². The standard InChI is InChI=1S/C10H18O2/c1-7(9(11)12-6)8(2)10(3,4)5/h1-6H3/b8-7-. The maximum Gasteiger partial charge on any atom is 0.333 e. The minimum absolute atomic E-state index is 0.0400. The average molecular weight is 170 g/mol. The molecule has 0 fully saturated rings. The van der Waals surface area contributed by atoms with E-state index in [1.165, 1.54) is 7.11 Å². The summed E-state index contributed by atoms with van der Waals surface area (Å²) in [5.41, 5.74) is 1.83. The van der Waals surface area contributed by atoms with Gasteiger partial charge in [-0.15, -0.1) is 0 Å². The number of allylic oxidation sites excluding steroid dienone is 1. The zero-order valence-electron chi connectivity index (χ0n) is 8.82. The molecule has 0 aromatic rings. The van der Waals surface area contributed by atoms with E-state index in [0.29, 0.717) is 5.57 Å². The van der Waals surface area contributed by atoms with Crippen molar-refractivity contribution in [2.75, 3.05) is 7.11 Å². The fraction of sp³-hybridized carbons (Fsp3) is 0.700. The number of esters is 1. The zero-order chi connectivity index (χ0) is 9.94. The second kappa shape index (κ2) is 3.74. The molecule has 0 rings (SSSR count). The van der Waals surface area contributed by atoms with Gasteiger partial charge in [-0.05, 0) is 19.3 Å². The fourth-order valence-electron chi connectivity index (χ4n) is 0.869. The minimum atomic E-state index is -0.234. The van der Waals surface area contributed by atoms with E-state index >= 15 is 0 Å². The van der Waals surface area contributed by atoms with Crippen molar-refractivity contribution in [2.24, 2.45) is 5.41 Å². The SMILES string of the molecule is COC(=O)/C(C)=C(/C)C(C)(C)C. The summed E-state index contributed by atoms with van der Waals surface area (Å²) in [4.78, 5) is 11.1. The first-order valence-corrected chi connectivity index (χ1v) is 4.07. The van der Waals surface area contributed by atoms with E-state index in [0.717, 1.165) is 5.57 Å². The van der Waals surface area contributed by atoms with Gasteiger partial charge in [0.05, 0.1) is 7.11 Å². The van der Waals surface area contributed by atoms with E-state index in [-0.39, 0.29) is 11.4 Å². The average Bonchev–Trinajstić information content (AvgIpc) is 1.98. The van der Waals surface area contributed by atoms with Gasteiger partial charge >= 0.3 is 5.97 Å². The first kappa shape index (κ1) is 11.2. The number of ether oxygens (including phenoxy) is 1. The van der Waals surface area contributed by atoms with Gasteiger partial charge in [-0.2, -0.15) is 0 Å². The van der Waals surface area contributed by atoms with Crippen LogP contribution in [-0.2, 0) is 9.53 Å². The molecule has 0 saturated carbocycles. The van der Waals surface area contributed by atoms with Crippen molar-refractivity contribution in [3.05, 3.63) is 11.1 Å². The molecular formula is C10H18O2. The van der Waals surface area contributed by atoms with Gasteiger partial charge in [0.1, 0.15) is 0 Å². The Morgan fingerprint density at radius 3 is 1.83 bits per heavy atom. The number of carbonyl (C=O) groups excluding carboxylic acids is 1. The summed E-state index contributed by atoms with van der Waals surface area (Å²) in [6, 6.07) is 0. The third kappa shape index (κ3) is 2.68. The van der Waals surface area contributed by atoms with Crippen molar-refractivity contribution < 1.29 is 9.53 Å². The molecule has 0 radical (unpaired) electrons. The van der Waals surface area contributed by atoms with Gasteiger partial charge in [-0.3, -0.25) is 0 Å². The summed E-state index contributed by atoms with van der Waals surface area (Å²) in [7, 11) is 1.40. The third-order valence-corrected chi connectivity index (χ3v) is 2.18. The van der Waals surface area contributed by atoms with E-state index < -0.39 is 0 Å². The topological polar surface area (TPSA) is 26.3 Å². The van der Waals surface area contributed by atoms with Crippen molar-refractivity contribution in [1.29, 1.82) is 0 Å². The number of hydrogen-bond donors (Lipinski definition) is 0. The molecule has 12 heavy (non-hydrogen) atoms. The first-order valence-electron chi connectivity index (χ1n) is 4.07. The van der Waals surface area contributed by atoms with Gasteiger partial charge in [-0.25, -0.2) is 4.79 Å². The lowest BCUT2D eigenvalue weighted by Crippen LogP contribution is -2.13. The van der Waals surface area contributed by atoms with E-state index in [2.05, 4.69) is 25.5 Å². The highest BCUT2D eigenvalue weighted by Gasteiger charge is 2.18. The van der Waals surface area contributed by atoms with Gasteiger partial charge in [0.25, 0.3) is 0 Å². The van der Waals surface area contributed by atoms with Crippen molar-refractivity contribution in [3.8, 4) is 0 Å². The van der Waals surface area contributed by atoms with Crippen molar-refractivity contribution in [3.63, 3.8) is 0 Å². The Hall–Kier alpha value is -0.790. The van der Waals surface area contributed by atoms with E-state index in [9.17, 15) is 4.79 Å². The Morgan fingerprint density at radius 1 is 1.17 bits per heavy atom. The lowest BCUT2D eigenvalue weighted by Gasteiger charge is -2.21. The quantitative estimate of drug-likeness (QED) is 0.446. The fourth-order valence-corrected chi connectivity index (χ4v) is 0.869. The molecule has 0 spiro atoms. The van der Waals surface area contributed by atoms with Crippen LogP contribution in [0.1, 0.15) is 34.6 Å². The predicted molar refractivity (Wildman–Crippen MR) is 49.8 cm³/mol. The van der Waals surface area contributed by atoms with Crippen LogP contribution < -0.4 is 0 Å². The number of carbonyl (C=O) groups is 1. The Kier molecular flexibility index (Phi) is 3.50. The van der Waals surface area contributed by atoms with Gasteiger partial charge < -0.3 is 4.74 Å². The van der Waals surface area contributed by atoms with Crippen LogP contribution in [0.4, 0.5) is 0 Å². The summed E-state index contributed by atoms with van der Waals surface area (Å²) in [5.74, 6) is -0.234. The molecule has 2 heteroatoms. The normalized spacial score (nSPS) is 13.8. The molecule has 0 saturated heterocycles. The van der Waals surface area contributed by atoms with Crippen LogP contribution in [0.3, 0.4) is 0 Å². The molecule has 2 nitrogen and oxygen atoms in total. The first-order chi connectivity index (χ1) is 5.30. The Bertz CT molecular complexity index is 206. The summed E-state index contributed by atoms with van der Waals surface area (Å²) >= 11 is 0. The Balaban J connectivity index is 4.82. The minimum Gasteiger partial charge on any atom is -0.466 e. The van der Waals surface area contributed by atoms with Gasteiger partial charge in [0.2, 0.25) is 0 Å². The van der Waals surface area contributed by atoms with Crippen molar-refractivity contribution >= 4 is 5.97 Å². The molecule has 0 N–H and O–H groups in total. The van der Waals surface area contributed by atoms with E-state index in [4.69, 9.17) is 0 Å². The Morgan fingerprint density at radius 2 is 1.58 bits per heavy atom. The van der Waals surface area contributed by atoms with Crippen LogP contribution in [0.25, 0.3) is 0 Å². The summed E-state index contributed by atoms with van der Waals surface area (Å²) < 4.78 is 4.63. The number of methoxy groups -OCH3 is 1. The molecular weight excluding hydrogens is 152 g/mol. The summed E-state index contributed by atoms with van der Waals surface area (Å²) in [6.45, 7) is 10.00. The molecule has 0 atom stereocenters. The van der Waals surface area contributed by atoms with Crippen molar-refractivity contribution in [2.45, 2.75) is 34.6 Å². The van der Waals surface area contributed by atoms with Gasteiger partial charge in [-0.1, -0.05) is 26.3 Å². The molecule has 0 amide bonds. The van der Waals surface area contributed by atoms with Gasteiger partial charge in [0.15, 0.2) is 0 Å². The molecule has 0 aliphatic rings. The maximum atomic E-state index is 11.1. The van der Waals surface area contributed by atoms with Crippen LogP contribution in [0.15, 0.2) is 11.1 Å². The summed E-state index contributed by atoms with van der Waals surface area (Å²) in [6.07, 6.45) is 0. The second-order valence-corrected chi connectivity index (χ2v) is 3.99. The largest absolute Gasteiger partial charge is 0.466 e.